The molecule has 0 saturated heterocycles. The zero-order chi connectivity index (χ0) is 20.8. The second-order valence-electron chi connectivity index (χ2n) is 5.99. The van der Waals surface area contributed by atoms with Crippen LogP contribution < -0.4 is 10.1 Å². The van der Waals surface area contributed by atoms with E-state index in [2.05, 4.69) is 5.32 Å². The fourth-order valence-corrected chi connectivity index (χ4v) is 3.82. The predicted molar refractivity (Wildman–Crippen MR) is 116 cm³/mol. The Labute approximate surface area is 178 Å². The summed E-state index contributed by atoms with van der Waals surface area (Å²) >= 11 is 7.24. The molecule has 0 spiro atoms. The average molecular weight is 430 g/mol. The first-order valence-electron chi connectivity index (χ1n) is 9.12. The molecular weight excluding hydrogens is 410 g/mol. The van der Waals surface area contributed by atoms with E-state index in [0.29, 0.717) is 39.1 Å². The number of thiophene rings is 1. The summed E-state index contributed by atoms with van der Waals surface area (Å²) in [5.74, 6) is -0.110. The van der Waals surface area contributed by atoms with Crippen molar-refractivity contribution in [1.82, 2.24) is 0 Å². The zero-order valence-electron chi connectivity index (χ0n) is 16.0. The molecule has 0 aliphatic rings. The number of hydrogen-bond donors (Lipinski definition) is 1. The largest absolute Gasteiger partial charge is 0.494 e. The molecule has 3 aromatic rings. The standard InChI is InChI=1S/C22H20ClNO4S/c1-3-27-17-11-7-15(8-12-17)20(25)24-21-19(22(26)28-4-2)18(13-29-21)14-5-9-16(23)10-6-14/h5-13H,3-4H2,1-2H3,(H,24,25). The van der Waals surface area contributed by atoms with Crippen molar-refractivity contribution in [3.8, 4) is 16.9 Å². The Bertz CT molecular complexity index is 997. The molecule has 5 nitrogen and oxygen atoms in total. The summed E-state index contributed by atoms with van der Waals surface area (Å²) in [7, 11) is 0. The molecule has 1 heterocycles. The van der Waals surface area contributed by atoms with E-state index < -0.39 is 5.97 Å². The van der Waals surface area contributed by atoms with Crippen LogP contribution in [0.5, 0.6) is 5.75 Å². The molecule has 1 aromatic heterocycles. The minimum atomic E-state index is -0.485. The number of halogens is 1. The van der Waals surface area contributed by atoms with Gasteiger partial charge in [-0.05, 0) is 55.8 Å². The number of rotatable bonds is 7. The lowest BCUT2D eigenvalue weighted by Gasteiger charge is -2.09. The molecule has 0 aliphatic heterocycles. The van der Waals surface area contributed by atoms with Gasteiger partial charge in [0.2, 0.25) is 0 Å². The van der Waals surface area contributed by atoms with Crippen LogP contribution in [-0.4, -0.2) is 25.1 Å². The summed E-state index contributed by atoms with van der Waals surface area (Å²) in [6.45, 7) is 4.43. The summed E-state index contributed by atoms with van der Waals surface area (Å²) in [5.41, 5.74) is 2.30. The summed E-state index contributed by atoms with van der Waals surface area (Å²) < 4.78 is 10.6. The van der Waals surface area contributed by atoms with Gasteiger partial charge in [0.05, 0.1) is 13.2 Å². The van der Waals surface area contributed by atoms with Gasteiger partial charge in [-0.25, -0.2) is 4.79 Å². The van der Waals surface area contributed by atoms with Crippen molar-refractivity contribution in [3.05, 3.63) is 70.1 Å². The van der Waals surface area contributed by atoms with Crippen LogP contribution in [0.2, 0.25) is 5.02 Å². The van der Waals surface area contributed by atoms with Crippen LogP contribution in [0, 0.1) is 0 Å². The monoisotopic (exact) mass is 429 g/mol. The summed E-state index contributed by atoms with van der Waals surface area (Å²) in [6, 6.07) is 14.0. The van der Waals surface area contributed by atoms with Gasteiger partial charge in [-0.15, -0.1) is 11.3 Å². The van der Waals surface area contributed by atoms with Crippen molar-refractivity contribution in [1.29, 1.82) is 0 Å². The first-order chi connectivity index (χ1) is 14.0. The fourth-order valence-electron chi connectivity index (χ4n) is 2.74. The number of hydrogen-bond acceptors (Lipinski definition) is 5. The minimum absolute atomic E-state index is 0.237. The molecule has 3 rings (SSSR count). The van der Waals surface area contributed by atoms with Crippen molar-refractivity contribution in [2.45, 2.75) is 13.8 Å². The molecule has 150 valence electrons. The van der Waals surface area contributed by atoms with E-state index in [4.69, 9.17) is 21.1 Å². The second kappa shape index (κ2) is 9.58. The average Bonchev–Trinajstić information content (AvgIpc) is 3.13. The molecule has 0 unspecified atom stereocenters. The van der Waals surface area contributed by atoms with Crippen molar-refractivity contribution >= 4 is 39.8 Å². The number of carbonyl (C=O) groups is 2. The molecule has 0 saturated carbocycles. The molecule has 29 heavy (non-hydrogen) atoms. The molecule has 1 N–H and O–H groups in total. The maximum atomic E-state index is 12.7. The highest BCUT2D eigenvalue weighted by Gasteiger charge is 2.23. The van der Waals surface area contributed by atoms with Crippen molar-refractivity contribution < 1.29 is 19.1 Å². The third kappa shape index (κ3) is 4.96. The Morgan fingerprint density at radius 3 is 2.31 bits per heavy atom. The number of esters is 1. The lowest BCUT2D eigenvalue weighted by molar-refractivity contribution is 0.0529. The Morgan fingerprint density at radius 2 is 1.69 bits per heavy atom. The fraction of sp³-hybridized carbons (Fsp3) is 0.182. The van der Waals surface area contributed by atoms with Crippen LogP contribution in [-0.2, 0) is 4.74 Å². The molecule has 0 radical (unpaired) electrons. The van der Waals surface area contributed by atoms with Gasteiger partial charge in [-0.3, -0.25) is 4.79 Å². The van der Waals surface area contributed by atoms with Crippen molar-refractivity contribution in [3.63, 3.8) is 0 Å². The van der Waals surface area contributed by atoms with Crippen LogP contribution in [0.15, 0.2) is 53.9 Å². The van der Waals surface area contributed by atoms with E-state index in [0.717, 1.165) is 5.56 Å². The van der Waals surface area contributed by atoms with E-state index in [1.54, 1.807) is 43.3 Å². The summed E-state index contributed by atoms with van der Waals surface area (Å²) in [5, 5.41) is 5.69. The molecule has 0 aliphatic carbocycles. The van der Waals surface area contributed by atoms with Gasteiger partial charge in [0.25, 0.3) is 5.91 Å². The highest BCUT2D eigenvalue weighted by Crippen LogP contribution is 2.37. The van der Waals surface area contributed by atoms with E-state index in [9.17, 15) is 9.59 Å². The second-order valence-corrected chi connectivity index (χ2v) is 7.31. The number of benzene rings is 2. The van der Waals surface area contributed by atoms with E-state index in [1.807, 2.05) is 24.4 Å². The van der Waals surface area contributed by atoms with Crippen molar-refractivity contribution in [2.75, 3.05) is 18.5 Å². The lowest BCUT2D eigenvalue weighted by atomic mass is 10.0. The van der Waals surface area contributed by atoms with Crippen LogP contribution in [0.1, 0.15) is 34.6 Å². The van der Waals surface area contributed by atoms with Crippen LogP contribution in [0.25, 0.3) is 11.1 Å². The highest BCUT2D eigenvalue weighted by atomic mass is 35.5. The van der Waals surface area contributed by atoms with Gasteiger partial charge in [0.1, 0.15) is 16.3 Å². The highest BCUT2D eigenvalue weighted by molar-refractivity contribution is 7.15. The van der Waals surface area contributed by atoms with Crippen LogP contribution in [0.4, 0.5) is 5.00 Å². The number of amides is 1. The van der Waals surface area contributed by atoms with E-state index >= 15 is 0 Å². The van der Waals surface area contributed by atoms with Gasteiger partial charge in [-0.1, -0.05) is 23.7 Å². The Hall–Kier alpha value is -2.83. The molecule has 0 atom stereocenters. The number of anilines is 1. The van der Waals surface area contributed by atoms with Crippen LogP contribution in [0.3, 0.4) is 0 Å². The van der Waals surface area contributed by atoms with E-state index in [1.165, 1.54) is 11.3 Å². The SMILES string of the molecule is CCOC(=O)c1c(-c2ccc(Cl)cc2)csc1NC(=O)c1ccc(OCC)cc1. The summed E-state index contributed by atoms with van der Waals surface area (Å²) in [6.07, 6.45) is 0. The number of ether oxygens (including phenoxy) is 2. The third-order valence-electron chi connectivity index (χ3n) is 4.08. The minimum Gasteiger partial charge on any atom is -0.494 e. The molecule has 2 aromatic carbocycles. The van der Waals surface area contributed by atoms with Gasteiger partial charge < -0.3 is 14.8 Å². The predicted octanol–water partition coefficient (Wildman–Crippen LogP) is 5.90. The molecule has 7 heteroatoms. The van der Waals surface area contributed by atoms with Gasteiger partial charge in [0, 0.05) is 21.5 Å². The Morgan fingerprint density at radius 1 is 1.00 bits per heavy atom. The number of nitrogens with one attached hydrogen (secondary N) is 1. The zero-order valence-corrected chi connectivity index (χ0v) is 17.6. The first kappa shape index (κ1) is 20.9. The molecular formula is C22H20ClNO4S. The molecule has 0 bridgehead atoms. The quantitative estimate of drug-likeness (QED) is 0.475. The maximum Gasteiger partial charge on any atom is 0.341 e. The van der Waals surface area contributed by atoms with Gasteiger partial charge in [0.15, 0.2) is 0 Å². The first-order valence-corrected chi connectivity index (χ1v) is 10.4. The van der Waals surface area contributed by atoms with E-state index in [-0.39, 0.29) is 12.5 Å². The van der Waals surface area contributed by atoms with Crippen molar-refractivity contribution in [2.24, 2.45) is 0 Å². The summed E-state index contributed by atoms with van der Waals surface area (Å²) in [4.78, 5) is 25.3. The van der Waals surface area contributed by atoms with Gasteiger partial charge in [-0.2, -0.15) is 0 Å². The van der Waals surface area contributed by atoms with Crippen LogP contribution >= 0.6 is 22.9 Å². The number of carbonyl (C=O) groups excluding carboxylic acids is 2. The lowest BCUT2D eigenvalue weighted by Crippen LogP contribution is -2.14. The molecule has 1 amide bonds. The van der Waals surface area contributed by atoms with Gasteiger partial charge >= 0.3 is 5.97 Å². The normalized spacial score (nSPS) is 10.4. The smallest absolute Gasteiger partial charge is 0.341 e. The molecule has 0 fully saturated rings. The Balaban J connectivity index is 1.91. The maximum absolute atomic E-state index is 12.7. The Kier molecular flexibility index (Phi) is 6.90. The topological polar surface area (TPSA) is 64.6 Å². The third-order valence-corrected chi connectivity index (χ3v) is 5.23.